The predicted molar refractivity (Wildman–Crippen MR) is 134 cm³/mol. The molecule has 3 saturated carbocycles. The van der Waals surface area contributed by atoms with E-state index >= 15 is 0 Å². The van der Waals surface area contributed by atoms with Gasteiger partial charge in [-0.25, -0.2) is 9.97 Å². The van der Waals surface area contributed by atoms with E-state index in [2.05, 4.69) is 42.0 Å². The van der Waals surface area contributed by atoms with Crippen LogP contribution in [0.2, 0.25) is 0 Å². The van der Waals surface area contributed by atoms with Gasteiger partial charge in [0.1, 0.15) is 11.6 Å². The molecule has 3 aliphatic carbocycles. The molecule has 1 aliphatic heterocycles. The Morgan fingerprint density at radius 2 is 1.79 bits per heavy atom. The molecule has 1 amide bonds. The Morgan fingerprint density at radius 1 is 1.09 bits per heavy atom. The third kappa shape index (κ3) is 5.40. The molecule has 1 saturated heterocycles. The van der Waals surface area contributed by atoms with Crippen LogP contribution in [0.3, 0.4) is 0 Å². The molecular weight excluding hydrogens is 426 g/mol. The zero-order valence-corrected chi connectivity index (χ0v) is 21.3. The third-order valence-corrected chi connectivity index (χ3v) is 8.54. The number of hydrogen-bond donors (Lipinski definition) is 2. The summed E-state index contributed by atoms with van der Waals surface area (Å²) in [6.07, 6.45) is 8.33. The maximum Gasteiger partial charge on any atom is 0.223 e. The van der Waals surface area contributed by atoms with E-state index < -0.39 is 0 Å². The lowest BCUT2D eigenvalue weighted by atomic mass is 9.76. The van der Waals surface area contributed by atoms with Crippen molar-refractivity contribution in [1.82, 2.24) is 20.2 Å². The summed E-state index contributed by atoms with van der Waals surface area (Å²) in [7, 11) is 0. The van der Waals surface area contributed by atoms with Gasteiger partial charge in [0, 0.05) is 61.2 Å². The van der Waals surface area contributed by atoms with E-state index in [-0.39, 0.29) is 23.3 Å². The molecule has 7 heteroatoms. The van der Waals surface area contributed by atoms with Gasteiger partial charge in [0.25, 0.3) is 0 Å². The molecule has 0 atom stereocenters. The molecule has 2 N–H and O–H groups in total. The number of nitrogens with one attached hydrogen (secondary N) is 1. The highest BCUT2D eigenvalue weighted by Crippen LogP contribution is 2.37. The molecule has 1 aromatic rings. The summed E-state index contributed by atoms with van der Waals surface area (Å²) in [5.74, 6) is 3.67. The lowest BCUT2D eigenvalue weighted by Crippen LogP contribution is -2.51. The van der Waals surface area contributed by atoms with Crippen molar-refractivity contribution in [1.29, 1.82) is 0 Å². The monoisotopic (exact) mass is 469 g/mol. The number of carbonyl (C=O) groups excluding carboxylic acids is 1. The Balaban J connectivity index is 1.06. The number of rotatable bonds is 7. The number of piperazine rings is 1. The van der Waals surface area contributed by atoms with Crippen molar-refractivity contribution in [2.45, 2.75) is 95.6 Å². The molecule has 1 aromatic heterocycles. The molecule has 188 valence electrons. The SMILES string of the molecule is CC(C)(C)c1nc(C2CCC2)cc(N2CCN(CC[C@H]3C[C@H](NC(=O)[C@H]4C[C@@H](O)C4)C3)CC2)n1. The van der Waals surface area contributed by atoms with Crippen LogP contribution in [0.4, 0.5) is 5.82 Å². The predicted octanol–water partition coefficient (Wildman–Crippen LogP) is 3.22. The maximum absolute atomic E-state index is 12.1. The number of nitrogens with zero attached hydrogens (tertiary/aromatic N) is 4. The van der Waals surface area contributed by atoms with Gasteiger partial charge in [-0.3, -0.25) is 9.69 Å². The van der Waals surface area contributed by atoms with Gasteiger partial charge in [-0.15, -0.1) is 0 Å². The summed E-state index contributed by atoms with van der Waals surface area (Å²) >= 11 is 0. The lowest BCUT2D eigenvalue weighted by Gasteiger charge is -2.40. The Labute approximate surface area is 204 Å². The molecule has 0 aromatic carbocycles. The first-order valence-electron chi connectivity index (χ1n) is 13.6. The van der Waals surface area contributed by atoms with Gasteiger partial charge >= 0.3 is 0 Å². The minimum absolute atomic E-state index is 0.0322. The van der Waals surface area contributed by atoms with E-state index in [9.17, 15) is 9.90 Å². The maximum atomic E-state index is 12.1. The fourth-order valence-electron chi connectivity index (χ4n) is 5.64. The summed E-state index contributed by atoms with van der Waals surface area (Å²) in [5, 5.41) is 12.6. The lowest BCUT2D eigenvalue weighted by molar-refractivity contribution is -0.133. The molecule has 4 fully saturated rings. The van der Waals surface area contributed by atoms with E-state index in [1.165, 1.54) is 31.4 Å². The van der Waals surface area contributed by atoms with Gasteiger partial charge in [-0.2, -0.15) is 0 Å². The molecule has 0 unspecified atom stereocenters. The topological polar surface area (TPSA) is 81.6 Å². The smallest absolute Gasteiger partial charge is 0.223 e. The van der Waals surface area contributed by atoms with Gasteiger partial charge in [-0.1, -0.05) is 27.2 Å². The molecule has 2 heterocycles. The summed E-state index contributed by atoms with van der Waals surface area (Å²) in [5.41, 5.74) is 1.22. The van der Waals surface area contributed by atoms with E-state index in [1.54, 1.807) is 0 Å². The van der Waals surface area contributed by atoms with Crippen LogP contribution in [0.25, 0.3) is 0 Å². The quantitative estimate of drug-likeness (QED) is 0.638. The van der Waals surface area contributed by atoms with Gasteiger partial charge in [0.05, 0.1) is 6.10 Å². The van der Waals surface area contributed by atoms with Gasteiger partial charge in [-0.05, 0) is 57.4 Å². The molecule has 4 aliphatic rings. The Morgan fingerprint density at radius 3 is 2.38 bits per heavy atom. The summed E-state index contributed by atoms with van der Waals surface area (Å²) in [4.78, 5) is 27.2. The first-order chi connectivity index (χ1) is 16.2. The van der Waals surface area contributed by atoms with Crippen molar-refractivity contribution in [3.05, 3.63) is 17.6 Å². The molecule has 34 heavy (non-hydrogen) atoms. The highest BCUT2D eigenvalue weighted by atomic mass is 16.3. The van der Waals surface area contributed by atoms with Gasteiger partial charge < -0.3 is 15.3 Å². The fourth-order valence-corrected chi connectivity index (χ4v) is 5.64. The summed E-state index contributed by atoms with van der Waals surface area (Å²) < 4.78 is 0. The zero-order valence-electron chi connectivity index (χ0n) is 21.3. The highest BCUT2D eigenvalue weighted by Gasteiger charge is 2.37. The van der Waals surface area contributed by atoms with Crippen molar-refractivity contribution in [2.24, 2.45) is 11.8 Å². The van der Waals surface area contributed by atoms with E-state index in [4.69, 9.17) is 9.97 Å². The second-order valence-corrected chi connectivity index (χ2v) is 12.3. The van der Waals surface area contributed by atoms with Crippen LogP contribution in [-0.2, 0) is 10.2 Å². The van der Waals surface area contributed by atoms with Crippen LogP contribution in [-0.4, -0.2) is 70.8 Å². The van der Waals surface area contributed by atoms with Gasteiger partial charge in [0.15, 0.2) is 0 Å². The number of anilines is 1. The summed E-state index contributed by atoms with van der Waals surface area (Å²) in [6, 6.07) is 2.62. The van der Waals surface area contributed by atoms with Crippen LogP contribution < -0.4 is 10.2 Å². The standard InChI is InChI=1S/C27H43N5O2/c1-27(2,3)26-29-23(19-5-4-6-19)17-24(30-26)32-11-9-31(10-12-32)8-7-18-13-21(14-18)28-25(34)20-15-22(33)16-20/h17-22,33H,4-16H2,1-3H3,(H,28,34)/t18-,20-,21-,22+. The second kappa shape index (κ2) is 9.73. The average Bonchev–Trinajstić information content (AvgIpc) is 2.71. The molecule has 7 nitrogen and oxygen atoms in total. The first-order valence-corrected chi connectivity index (χ1v) is 13.6. The summed E-state index contributed by atoms with van der Waals surface area (Å²) in [6.45, 7) is 12.0. The van der Waals surface area contributed by atoms with Crippen LogP contribution in [0, 0.1) is 11.8 Å². The molecule has 0 radical (unpaired) electrons. The van der Waals surface area contributed by atoms with Crippen LogP contribution in [0.15, 0.2) is 6.07 Å². The van der Waals surface area contributed by atoms with E-state index in [1.807, 2.05) is 0 Å². The number of hydrogen-bond acceptors (Lipinski definition) is 6. The second-order valence-electron chi connectivity index (χ2n) is 12.3. The van der Waals surface area contributed by atoms with Crippen molar-refractivity contribution in [3.63, 3.8) is 0 Å². The van der Waals surface area contributed by atoms with Crippen molar-refractivity contribution < 1.29 is 9.90 Å². The Hall–Kier alpha value is -1.73. The number of aliphatic hydroxyl groups excluding tert-OH is 1. The first kappa shape index (κ1) is 24.0. The normalized spacial score (nSPS) is 30.3. The van der Waals surface area contributed by atoms with Crippen LogP contribution in [0.5, 0.6) is 0 Å². The largest absolute Gasteiger partial charge is 0.393 e. The number of carbonyl (C=O) groups is 1. The van der Waals surface area contributed by atoms with Crippen molar-refractivity contribution in [2.75, 3.05) is 37.6 Å². The fraction of sp³-hybridized carbons (Fsp3) is 0.815. The van der Waals surface area contributed by atoms with E-state index in [0.29, 0.717) is 24.8 Å². The average molecular weight is 470 g/mol. The molecule has 0 bridgehead atoms. The Bertz CT molecular complexity index is 860. The van der Waals surface area contributed by atoms with Crippen LogP contribution >= 0.6 is 0 Å². The number of aliphatic hydroxyl groups is 1. The number of aromatic nitrogens is 2. The number of amides is 1. The third-order valence-electron chi connectivity index (χ3n) is 8.54. The minimum atomic E-state index is -0.259. The molecule has 0 spiro atoms. The molecular formula is C27H43N5O2. The van der Waals surface area contributed by atoms with Crippen molar-refractivity contribution >= 4 is 11.7 Å². The highest BCUT2D eigenvalue weighted by molar-refractivity contribution is 5.80. The van der Waals surface area contributed by atoms with Crippen molar-refractivity contribution in [3.8, 4) is 0 Å². The van der Waals surface area contributed by atoms with Crippen LogP contribution in [0.1, 0.15) is 89.6 Å². The Kier molecular flexibility index (Phi) is 6.86. The molecule has 5 rings (SSSR count). The minimum Gasteiger partial charge on any atom is -0.393 e. The van der Waals surface area contributed by atoms with E-state index in [0.717, 1.165) is 63.1 Å². The van der Waals surface area contributed by atoms with Gasteiger partial charge in [0.2, 0.25) is 5.91 Å². The zero-order chi connectivity index (χ0) is 23.9.